The Hall–Kier alpha value is -3.97. The maximum atomic E-state index is 13.1. The summed E-state index contributed by atoms with van der Waals surface area (Å²) in [5.74, 6) is -0.121. The molecule has 4 aromatic rings. The molecule has 6 nitrogen and oxygen atoms in total. The second-order valence-electron chi connectivity index (χ2n) is 9.17. The van der Waals surface area contributed by atoms with Crippen molar-refractivity contribution >= 4 is 28.9 Å². The van der Waals surface area contributed by atoms with Crippen LogP contribution in [0.2, 0.25) is 0 Å². The molecule has 36 heavy (non-hydrogen) atoms. The van der Waals surface area contributed by atoms with Gasteiger partial charge in [-0.05, 0) is 81.0 Å². The normalized spacial score (nSPS) is 17.2. The van der Waals surface area contributed by atoms with Crippen LogP contribution in [0.5, 0.6) is 0 Å². The molecule has 2 aromatic carbocycles. The van der Waals surface area contributed by atoms with Crippen molar-refractivity contribution in [3.8, 4) is 5.69 Å². The van der Waals surface area contributed by atoms with Crippen molar-refractivity contribution in [3.63, 3.8) is 0 Å². The molecule has 1 saturated heterocycles. The first-order chi connectivity index (χ1) is 17.4. The lowest BCUT2D eigenvalue weighted by Crippen LogP contribution is -2.37. The number of anilines is 1. The van der Waals surface area contributed by atoms with E-state index in [1.54, 1.807) is 6.20 Å². The number of nitrogens with zero attached hydrogens (tertiary/aromatic N) is 3. The zero-order valence-electron chi connectivity index (χ0n) is 20.6. The summed E-state index contributed by atoms with van der Waals surface area (Å²) >= 11 is 5.77. The summed E-state index contributed by atoms with van der Waals surface area (Å²) in [6, 6.07) is 25.7. The van der Waals surface area contributed by atoms with Crippen LogP contribution in [0.3, 0.4) is 0 Å². The quantitative estimate of drug-likeness (QED) is 0.350. The minimum absolute atomic E-state index is 0.121. The topological polar surface area (TPSA) is 62.2 Å². The molecule has 0 spiro atoms. The van der Waals surface area contributed by atoms with E-state index in [1.165, 1.54) is 5.56 Å². The molecule has 3 heterocycles. The zero-order chi connectivity index (χ0) is 25.2. The summed E-state index contributed by atoms with van der Waals surface area (Å²) in [6.45, 7) is 6.45. The highest BCUT2D eigenvalue weighted by molar-refractivity contribution is 7.80. The van der Waals surface area contributed by atoms with Gasteiger partial charge in [0.2, 0.25) is 5.91 Å². The van der Waals surface area contributed by atoms with E-state index in [1.807, 2.05) is 53.4 Å². The third kappa shape index (κ3) is 4.62. The number of amides is 1. The van der Waals surface area contributed by atoms with Crippen LogP contribution in [-0.4, -0.2) is 32.0 Å². The molecule has 2 aromatic heterocycles. The molecule has 182 valence electrons. The molecular weight excluding hydrogens is 466 g/mol. The van der Waals surface area contributed by atoms with Crippen molar-refractivity contribution in [2.75, 3.05) is 11.9 Å². The molecule has 7 heteroatoms. The smallest absolute Gasteiger partial charge is 0.244 e. The van der Waals surface area contributed by atoms with Gasteiger partial charge in [-0.3, -0.25) is 9.78 Å². The number of hydrogen-bond donors (Lipinski definition) is 2. The molecule has 1 amide bonds. The fourth-order valence-corrected chi connectivity index (χ4v) is 5.27. The van der Waals surface area contributed by atoms with E-state index in [4.69, 9.17) is 12.2 Å². The summed E-state index contributed by atoms with van der Waals surface area (Å²) in [5, 5.41) is 6.98. The lowest BCUT2D eigenvalue weighted by molar-refractivity contribution is -0.116. The lowest BCUT2D eigenvalue weighted by atomic mass is 9.96. The van der Waals surface area contributed by atoms with E-state index in [0.29, 0.717) is 5.11 Å². The lowest BCUT2D eigenvalue weighted by Gasteiger charge is -2.27. The summed E-state index contributed by atoms with van der Waals surface area (Å²) in [6.07, 6.45) is 1.79. The molecule has 2 N–H and O–H groups in total. The van der Waals surface area contributed by atoms with Gasteiger partial charge in [-0.2, -0.15) is 0 Å². The van der Waals surface area contributed by atoms with Crippen molar-refractivity contribution in [2.45, 2.75) is 32.9 Å². The van der Waals surface area contributed by atoms with Gasteiger partial charge >= 0.3 is 0 Å². The van der Waals surface area contributed by atoms with Crippen LogP contribution in [0, 0.1) is 20.8 Å². The maximum Gasteiger partial charge on any atom is 0.244 e. The van der Waals surface area contributed by atoms with Gasteiger partial charge in [0.1, 0.15) is 6.54 Å². The van der Waals surface area contributed by atoms with Crippen molar-refractivity contribution in [2.24, 2.45) is 0 Å². The van der Waals surface area contributed by atoms with Gasteiger partial charge in [-0.1, -0.05) is 42.0 Å². The van der Waals surface area contributed by atoms with Crippen LogP contribution in [0.4, 0.5) is 5.69 Å². The Morgan fingerprint density at radius 3 is 2.42 bits per heavy atom. The number of nitrogens with one attached hydrogen (secondary N) is 2. The second kappa shape index (κ2) is 9.95. The first-order valence-corrected chi connectivity index (χ1v) is 12.4. The molecular formula is C29H29N5OS. The molecule has 0 bridgehead atoms. The molecule has 0 aliphatic carbocycles. The SMILES string of the molecule is Cc1ccc(-n2c(C)cc([C@H]3[C@@H](c4ccccn4)NC(=S)N3CC(=O)Nc3ccccc3)c2C)cc1. The average molecular weight is 496 g/mol. The number of carbonyl (C=O) groups excluding carboxylic acids is 1. The van der Waals surface area contributed by atoms with E-state index < -0.39 is 0 Å². The predicted molar refractivity (Wildman–Crippen MR) is 147 cm³/mol. The molecule has 1 fully saturated rings. The van der Waals surface area contributed by atoms with Crippen molar-refractivity contribution in [1.82, 2.24) is 19.8 Å². The molecule has 0 radical (unpaired) electrons. The highest BCUT2D eigenvalue weighted by Gasteiger charge is 2.42. The summed E-state index contributed by atoms with van der Waals surface area (Å²) < 4.78 is 2.26. The van der Waals surface area contributed by atoms with Crippen LogP contribution in [0.25, 0.3) is 5.69 Å². The van der Waals surface area contributed by atoms with Crippen molar-refractivity contribution in [1.29, 1.82) is 0 Å². The Bertz CT molecular complexity index is 1380. The predicted octanol–water partition coefficient (Wildman–Crippen LogP) is 5.41. The number of para-hydroxylation sites is 1. The van der Waals surface area contributed by atoms with Crippen LogP contribution in [0.1, 0.15) is 40.3 Å². The van der Waals surface area contributed by atoms with Gasteiger partial charge in [0.05, 0.1) is 17.8 Å². The standard InChI is InChI=1S/C29H29N5OS/c1-19-12-14-23(15-13-19)34-20(2)17-24(21(34)3)28-27(25-11-7-8-16-30-25)32-29(36)33(28)18-26(35)31-22-9-5-4-6-10-22/h4-17,27-28H,18H2,1-3H3,(H,31,35)(H,32,36)/t27-,28+/m1/s1. The van der Waals surface area contributed by atoms with E-state index in [2.05, 4.69) is 71.3 Å². The zero-order valence-corrected chi connectivity index (χ0v) is 21.4. The molecule has 5 rings (SSSR count). The van der Waals surface area contributed by atoms with Gasteiger partial charge in [0.25, 0.3) is 0 Å². The monoisotopic (exact) mass is 495 g/mol. The fourth-order valence-electron chi connectivity index (χ4n) is 4.97. The molecule has 2 atom stereocenters. The number of carbonyl (C=O) groups is 1. The van der Waals surface area contributed by atoms with Gasteiger partial charge < -0.3 is 20.1 Å². The van der Waals surface area contributed by atoms with Crippen LogP contribution >= 0.6 is 12.2 Å². The number of aryl methyl sites for hydroxylation is 2. The number of benzene rings is 2. The Morgan fingerprint density at radius 1 is 1.00 bits per heavy atom. The Balaban J connectivity index is 1.53. The van der Waals surface area contributed by atoms with Gasteiger partial charge in [0, 0.05) is 29.0 Å². The highest BCUT2D eigenvalue weighted by Crippen LogP contribution is 2.41. The van der Waals surface area contributed by atoms with Crippen molar-refractivity contribution in [3.05, 3.63) is 113 Å². The number of hydrogen-bond acceptors (Lipinski definition) is 3. The van der Waals surface area contributed by atoms with E-state index >= 15 is 0 Å². The number of aromatic nitrogens is 2. The fraction of sp³-hybridized carbons (Fsp3) is 0.207. The highest BCUT2D eigenvalue weighted by atomic mass is 32.1. The van der Waals surface area contributed by atoms with Crippen LogP contribution < -0.4 is 10.6 Å². The number of rotatable bonds is 6. The van der Waals surface area contributed by atoms with E-state index in [-0.39, 0.29) is 24.5 Å². The number of pyridine rings is 1. The van der Waals surface area contributed by atoms with Crippen LogP contribution in [0.15, 0.2) is 85.1 Å². The Morgan fingerprint density at radius 2 is 1.72 bits per heavy atom. The Kier molecular flexibility index (Phi) is 6.57. The van der Waals surface area contributed by atoms with E-state index in [9.17, 15) is 4.79 Å². The molecule has 1 aliphatic heterocycles. The first-order valence-electron chi connectivity index (χ1n) is 12.0. The molecule has 1 aliphatic rings. The molecule has 0 saturated carbocycles. The minimum atomic E-state index is -0.195. The van der Waals surface area contributed by atoms with Gasteiger partial charge in [0.15, 0.2) is 5.11 Å². The third-order valence-corrected chi connectivity index (χ3v) is 7.00. The Labute approximate surface area is 217 Å². The minimum Gasteiger partial charge on any atom is -0.352 e. The third-order valence-electron chi connectivity index (χ3n) is 6.65. The molecule has 0 unspecified atom stereocenters. The number of thiocarbonyl (C=S) groups is 1. The van der Waals surface area contributed by atoms with Crippen molar-refractivity contribution < 1.29 is 4.79 Å². The second-order valence-corrected chi connectivity index (χ2v) is 9.55. The summed E-state index contributed by atoms with van der Waals surface area (Å²) in [4.78, 5) is 19.7. The van der Waals surface area contributed by atoms with E-state index in [0.717, 1.165) is 34.0 Å². The maximum absolute atomic E-state index is 13.1. The average Bonchev–Trinajstić information content (AvgIpc) is 3.35. The summed E-state index contributed by atoms with van der Waals surface area (Å²) in [5.41, 5.74) is 7.33. The first kappa shape index (κ1) is 23.8. The van der Waals surface area contributed by atoms with Crippen LogP contribution in [-0.2, 0) is 4.79 Å². The van der Waals surface area contributed by atoms with Gasteiger partial charge in [-0.15, -0.1) is 0 Å². The van der Waals surface area contributed by atoms with Gasteiger partial charge in [-0.25, -0.2) is 0 Å². The largest absolute Gasteiger partial charge is 0.352 e. The summed E-state index contributed by atoms with van der Waals surface area (Å²) in [7, 11) is 0.